The number of aryl methyl sites for hydroxylation is 1. The van der Waals surface area contributed by atoms with Gasteiger partial charge in [-0.25, -0.2) is 0 Å². The number of hydrogen-bond donors (Lipinski definition) is 1. The van der Waals surface area contributed by atoms with Crippen molar-refractivity contribution in [3.8, 4) is 17.1 Å². The number of hydrogen-bond acceptors (Lipinski definition) is 5. The summed E-state index contributed by atoms with van der Waals surface area (Å²) in [7, 11) is 3.84. The Morgan fingerprint density at radius 2 is 1.89 bits per heavy atom. The molecule has 0 bridgehead atoms. The highest BCUT2D eigenvalue weighted by Gasteiger charge is 2.16. The van der Waals surface area contributed by atoms with Crippen LogP contribution in [0.25, 0.3) is 22.3 Å². The lowest BCUT2D eigenvalue weighted by Gasteiger charge is -2.25. The van der Waals surface area contributed by atoms with Crippen molar-refractivity contribution < 1.29 is 9.52 Å². The van der Waals surface area contributed by atoms with Crippen LogP contribution in [0.2, 0.25) is 0 Å². The molecule has 0 aliphatic heterocycles. The van der Waals surface area contributed by atoms with Crippen LogP contribution in [0, 0.1) is 0 Å². The smallest absolute Gasteiger partial charge is 0.251 e. The van der Waals surface area contributed by atoms with Crippen LogP contribution in [0.5, 0.6) is 5.75 Å². The average Bonchev–Trinajstić information content (AvgIpc) is 2.65. The van der Waals surface area contributed by atoms with Crippen molar-refractivity contribution in [2.24, 2.45) is 0 Å². The summed E-state index contributed by atoms with van der Waals surface area (Å²) in [5.41, 5.74) is 1.39. The number of pyridine rings is 1. The summed E-state index contributed by atoms with van der Waals surface area (Å²) in [5.74, 6) is 0.501. The van der Waals surface area contributed by atoms with Gasteiger partial charge in [0.05, 0.1) is 11.6 Å². The molecule has 1 aromatic carbocycles. The van der Waals surface area contributed by atoms with Crippen molar-refractivity contribution in [3.05, 3.63) is 62.7 Å². The number of benzene rings is 1. The summed E-state index contributed by atoms with van der Waals surface area (Å²) < 4.78 is 7.72. The van der Waals surface area contributed by atoms with Crippen molar-refractivity contribution in [3.63, 3.8) is 0 Å². The van der Waals surface area contributed by atoms with Gasteiger partial charge >= 0.3 is 0 Å². The maximum atomic E-state index is 12.7. The third kappa shape index (κ3) is 3.60. The molecular formula is C22H26N2O4. The van der Waals surface area contributed by atoms with E-state index in [4.69, 9.17) is 4.42 Å². The number of phenolic OH excluding ortho intramolecular Hbond substituents is 1. The summed E-state index contributed by atoms with van der Waals surface area (Å²) in [6.07, 6.45) is 3.80. The number of rotatable bonds is 6. The first-order chi connectivity index (χ1) is 13.4. The molecule has 1 atom stereocenters. The molecule has 2 heterocycles. The van der Waals surface area contributed by atoms with Gasteiger partial charge in [0.2, 0.25) is 0 Å². The maximum Gasteiger partial charge on any atom is 0.251 e. The molecule has 0 aliphatic carbocycles. The molecule has 1 unspecified atom stereocenters. The van der Waals surface area contributed by atoms with Gasteiger partial charge in [-0.15, -0.1) is 0 Å². The highest BCUT2D eigenvalue weighted by Crippen LogP contribution is 2.30. The molecule has 6 heteroatoms. The predicted octanol–water partition coefficient (Wildman–Crippen LogP) is 3.75. The normalized spacial score (nSPS) is 12.6. The Kier molecular flexibility index (Phi) is 5.70. The second kappa shape index (κ2) is 8.02. The molecule has 0 aliphatic rings. The highest BCUT2D eigenvalue weighted by atomic mass is 16.3. The molecular weight excluding hydrogens is 356 g/mol. The topological polar surface area (TPSA) is 75.7 Å². The molecule has 0 spiro atoms. The van der Waals surface area contributed by atoms with Crippen LogP contribution in [0.1, 0.15) is 38.4 Å². The minimum Gasteiger partial charge on any atom is -0.508 e. The van der Waals surface area contributed by atoms with E-state index in [0.717, 1.165) is 12.8 Å². The molecule has 0 saturated heterocycles. The van der Waals surface area contributed by atoms with Crippen LogP contribution < -0.4 is 11.0 Å². The molecule has 3 aromatic rings. The zero-order valence-corrected chi connectivity index (χ0v) is 16.7. The lowest BCUT2D eigenvalue weighted by Crippen LogP contribution is -2.32. The van der Waals surface area contributed by atoms with Crippen LogP contribution in [0.3, 0.4) is 0 Å². The quantitative estimate of drug-likeness (QED) is 0.703. The van der Waals surface area contributed by atoms with Gasteiger partial charge in [-0.1, -0.05) is 20.3 Å². The first-order valence-corrected chi connectivity index (χ1v) is 9.55. The van der Waals surface area contributed by atoms with E-state index in [2.05, 4.69) is 0 Å². The number of aromatic nitrogens is 1. The summed E-state index contributed by atoms with van der Waals surface area (Å²) in [4.78, 5) is 27.0. The molecule has 3 rings (SSSR count). The van der Waals surface area contributed by atoms with Gasteiger partial charge in [0.1, 0.15) is 17.1 Å². The monoisotopic (exact) mass is 382 g/mol. The van der Waals surface area contributed by atoms with E-state index in [9.17, 15) is 14.7 Å². The Balaban J connectivity index is 2.23. The summed E-state index contributed by atoms with van der Waals surface area (Å²) in [6.45, 7) is 4.02. The Bertz CT molecular complexity index is 1110. The van der Waals surface area contributed by atoms with Gasteiger partial charge in [-0.2, -0.15) is 0 Å². The average molecular weight is 382 g/mol. The first-order valence-electron chi connectivity index (χ1n) is 9.55. The summed E-state index contributed by atoms with van der Waals surface area (Å²) in [6, 6.07) is 7.71. The minimum absolute atomic E-state index is 0.0978. The molecule has 148 valence electrons. The van der Waals surface area contributed by atoms with Gasteiger partial charge in [0.15, 0.2) is 5.43 Å². The minimum atomic E-state index is -0.175. The zero-order chi connectivity index (χ0) is 20.4. The molecule has 0 radical (unpaired) electrons. The van der Waals surface area contributed by atoms with Crippen LogP contribution in [-0.4, -0.2) is 28.7 Å². The highest BCUT2D eigenvalue weighted by molar-refractivity contribution is 5.83. The first kappa shape index (κ1) is 19.9. The molecule has 2 aromatic heterocycles. The molecule has 6 nitrogen and oxygen atoms in total. The van der Waals surface area contributed by atoms with Crippen molar-refractivity contribution in [1.82, 2.24) is 9.47 Å². The SMILES string of the molecule is CCCc1c(O)ccc2c(=O)cc(-c3ccc(=O)n(C(CC)N(C)C)c3)oc12. The van der Waals surface area contributed by atoms with Crippen molar-refractivity contribution in [1.29, 1.82) is 0 Å². The fraction of sp³-hybridized carbons (Fsp3) is 0.364. The molecule has 28 heavy (non-hydrogen) atoms. The summed E-state index contributed by atoms with van der Waals surface area (Å²) >= 11 is 0. The molecule has 0 amide bonds. The standard InChI is InChI=1S/C22H26N2O4/c1-5-7-15-17(25)10-9-16-18(26)12-19(28-22(15)16)14-8-11-21(27)24(13-14)20(6-2)23(3)4/h8-13,20,25H,5-7H2,1-4H3. The Hall–Kier alpha value is -2.86. The second-order valence-corrected chi connectivity index (χ2v) is 7.18. The van der Waals surface area contributed by atoms with Gasteiger partial charge < -0.3 is 9.52 Å². The molecule has 1 N–H and O–H groups in total. The van der Waals surface area contributed by atoms with Gasteiger partial charge in [0.25, 0.3) is 5.56 Å². The lowest BCUT2D eigenvalue weighted by molar-refractivity contribution is 0.205. The lowest BCUT2D eigenvalue weighted by atomic mass is 10.0. The van der Waals surface area contributed by atoms with E-state index in [-0.39, 0.29) is 22.9 Å². The predicted molar refractivity (Wildman–Crippen MR) is 111 cm³/mol. The van der Waals surface area contributed by atoms with Gasteiger partial charge in [0, 0.05) is 29.5 Å². The van der Waals surface area contributed by atoms with E-state index >= 15 is 0 Å². The van der Waals surface area contributed by atoms with Crippen molar-refractivity contribution in [2.75, 3.05) is 14.1 Å². The van der Waals surface area contributed by atoms with E-state index < -0.39 is 0 Å². The summed E-state index contributed by atoms with van der Waals surface area (Å²) in [5, 5.41) is 10.7. The fourth-order valence-electron chi connectivity index (χ4n) is 3.59. The Morgan fingerprint density at radius 1 is 1.14 bits per heavy atom. The van der Waals surface area contributed by atoms with Crippen LogP contribution in [0.15, 0.2) is 50.5 Å². The van der Waals surface area contributed by atoms with Gasteiger partial charge in [-0.05, 0) is 45.1 Å². The number of fused-ring (bicyclic) bond motifs is 1. The van der Waals surface area contributed by atoms with E-state index in [1.54, 1.807) is 22.9 Å². The van der Waals surface area contributed by atoms with Gasteiger partial charge in [-0.3, -0.25) is 19.1 Å². The Labute approximate surface area is 163 Å². The van der Waals surface area contributed by atoms with Crippen molar-refractivity contribution in [2.45, 2.75) is 39.3 Å². The van der Waals surface area contributed by atoms with E-state index in [1.165, 1.54) is 18.2 Å². The zero-order valence-electron chi connectivity index (χ0n) is 16.7. The number of phenols is 1. The van der Waals surface area contributed by atoms with E-state index in [0.29, 0.717) is 34.3 Å². The Morgan fingerprint density at radius 3 is 2.54 bits per heavy atom. The third-order valence-electron chi connectivity index (χ3n) is 4.98. The maximum absolute atomic E-state index is 12.7. The number of nitrogens with zero attached hydrogens (tertiary/aromatic N) is 2. The third-order valence-corrected chi connectivity index (χ3v) is 4.98. The molecule has 0 saturated carbocycles. The van der Waals surface area contributed by atoms with Crippen molar-refractivity contribution >= 4 is 11.0 Å². The fourth-order valence-corrected chi connectivity index (χ4v) is 3.59. The van der Waals surface area contributed by atoms with Crippen LogP contribution >= 0.6 is 0 Å². The number of aromatic hydroxyl groups is 1. The van der Waals surface area contributed by atoms with Crippen LogP contribution in [-0.2, 0) is 6.42 Å². The second-order valence-electron chi connectivity index (χ2n) is 7.18. The van der Waals surface area contributed by atoms with E-state index in [1.807, 2.05) is 32.8 Å². The molecule has 0 fully saturated rings. The largest absolute Gasteiger partial charge is 0.508 e. The van der Waals surface area contributed by atoms with Crippen LogP contribution in [0.4, 0.5) is 0 Å².